The zero-order valence-corrected chi connectivity index (χ0v) is 15.6. The number of anilines is 1. The normalized spacial score (nSPS) is 20.2. The molecular formula is C19H25F2N3O4. The topological polar surface area (TPSA) is 86.9 Å². The molecule has 7 nitrogen and oxygen atoms in total. The highest BCUT2D eigenvalue weighted by atomic mass is 19.1. The SMILES string of the molecule is O=C(O)N1CCC(F)(CCC2CCN(c3ccc([N+](=O)[O-])cc3F)CC2)CC1. The van der Waals surface area contributed by atoms with Gasteiger partial charge in [-0.05, 0) is 50.5 Å². The van der Waals surface area contributed by atoms with E-state index >= 15 is 0 Å². The molecule has 3 rings (SSSR count). The van der Waals surface area contributed by atoms with Crippen molar-refractivity contribution in [3.05, 3.63) is 34.1 Å². The Morgan fingerprint density at radius 3 is 2.43 bits per heavy atom. The van der Waals surface area contributed by atoms with Crippen molar-refractivity contribution in [2.24, 2.45) is 5.92 Å². The number of likely N-dealkylation sites (tertiary alicyclic amines) is 1. The largest absolute Gasteiger partial charge is 0.465 e. The van der Waals surface area contributed by atoms with E-state index in [2.05, 4.69) is 0 Å². The summed E-state index contributed by atoms with van der Waals surface area (Å²) < 4.78 is 29.1. The van der Waals surface area contributed by atoms with Crippen molar-refractivity contribution in [2.45, 2.75) is 44.2 Å². The van der Waals surface area contributed by atoms with Crippen LogP contribution in [0, 0.1) is 21.8 Å². The van der Waals surface area contributed by atoms with E-state index in [0.717, 1.165) is 25.3 Å². The summed E-state index contributed by atoms with van der Waals surface area (Å²) in [6.07, 6.45) is 2.28. The van der Waals surface area contributed by atoms with Gasteiger partial charge in [-0.1, -0.05) is 0 Å². The van der Waals surface area contributed by atoms with Crippen LogP contribution in [0.15, 0.2) is 18.2 Å². The molecule has 2 fully saturated rings. The molecule has 0 radical (unpaired) electrons. The smallest absolute Gasteiger partial charge is 0.407 e. The lowest BCUT2D eigenvalue weighted by atomic mass is 9.83. The highest BCUT2D eigenvalue weighted by Gasteiger charge is 2.36. The van der Waals surface area contributed by atoms with Gasteiger partial charge in [-0.3, -0.25) is 10.1 Å². The van der Waals surface area contributed by atoms with Gasteiger partial charge in [0.2, 0.25) is 0 Å². The molecule has 9 heteroatoms. The number of benzene rings is 1. The van der Waals surface area contributed by atoms with Crippen LogP contribution in [0.25, 0.3) is 0 Å². The van der Waals surface area contributed by atoms with Crippen LogP contribution in [0.4, 0.5) is 25.0 Å². The van der Waals surface area contributed by atoms with Gasteiger partial charge in [0.15, 0.2) is 5.82 Å². The minimum atomic E-state index is -1.30. The van der Waals surface area contributed by atoms with E-state index in [9.17, 15) is 23.7 Å². The third-order valence-electron chi connectivity index (χ3n) is 6.03. The molecule has 2 heterocycles. The Labute approximate surface area is 162 Å². The number of nitro groups is 1. The number of alkyl halides is 1. The summed E-state index contributed by atoms with van der Waals surface area (Å²) in [5, 5.41) is 19.7. The number of piperidine rings is 2. The van der Waals surface area contributed by atoms with Crippen LogP contribution in [-0.2, 0) is 0 Å². The van der Waals surface area contributed by atoms with Gasteiger partial charge in [0.05, 0.1) is 16.7 Å². The van der Waals surface area contributed by atoms with E-state index in [0.29, 0.717) is 31.1 Å². The predicted octanol–water partition coefficient (Wildman–Crippen LogP) is 4.21. The van der Waals surface area contributed by atoms with Gasteiger partial charge in [0.25, 0.3) is 5.69 Å². The number of carbonyl (C=O) groups is 1. The molecule has 28 heavy (non-hydrogen) atoms. The zero-order valence-electron chi connectivity index (χ0n) is 15.6. The van der Waals surface area contributed by atoms with E-state index < -0.39 is 22.5 Å². The molecule has 0 aliphatic carbocycles. The average Bonchev–Trinajstić information content (AvgIpc) is 2.67. The van der Waals surface area contributed by atoms with Gasteiger partial charge in [0.1, 0.15) is 5.67 Å². The fraction of sp³-hybridized carbons (Fsp3) is 0.632. The first-order valence-corrected chi connectivity index (χ1v) is 9.63. The van der Waals surface area contributed by atoms with E-state index in [1.54, 1.807) is 0 Å². The summed E-state index contributed by atoms with van der Waals surface area (Å²) in [6.45, 7) is 1.74. The summed E-state index contributed by atoms with van der Waals surface area (Å²) >= 11 is 0. The van der Waals surface area contributed by atoms with Crippen molar-refractivity contribution < 1.29 is 23.6 Å². The molecule has 0 spiro atoms. The van der Waals surface area contributed by atoms with Crippen LogP contribution in [0.3, 0.4) is 0 Å². The lowest BCUT2D eigenvalue weighted by Crippen LogP contribution is -2.44. The molecule has 1 aromatic carbocycles. The van der Waals surface area contributed by atoms with Gasteiger partial charge in [-0.2, -0.15) is 0 Å². The first-order valence-electron chi connectivity index (χ1n) is 9.63. The minimum Gasteiger partial charge on any atom is -0.465 e. The van der Waals surface area contributed by atoms with Gasteiger partial charge in [0, 0.05) is 32.2 Å². The van der Waals surface area contributed by atoms with Crippen LogP contribution in [-0.4, -0.2) is 52.9 Å². The fourth-order valence-electron chi connectivity index (χ4n) is 4.14. The van der Waals surface area contributed by atoms with Crippen LogP contribution in [0.2, 0.25) is 0 Å². The lowest BCUT2D eigenvalue weighted by Gasteiger charge is -2.37. The highest BCUT2D eigenvalue weighted by molar-refractivity contribution is 5.65. The number of non-ortho nitro benzene ring substituents is 1. The Morgan fingerprint density at radius 1 is 1.25 bits per heavy atom. The monoisotopic (exact) mass is 397 g/mol. The van der Waals surface area contributed by atoms with Crippen LogP contribution in [0.5, 0.6) is 0 Å². The number of hydrogen-bond donors (Lipinski definition) is 1. The standard InChI is InChI=1S/C19H25F2N3O4/c20-16-13-15(24(27)28)1-2-17(16)22-9-4-14(5-10-22)3-6-19(21)7-11-23(12-8-19)18(25)26/h1-2,13-14H,3-12H2,(H,25,26). The summed E-state index contributed by atoms with van der Waals surface area (Å²) in [7, 11) is 0. The van der Waals surface area contributed by atoms with Gasteiger partial charge < -0.3 is 14.9 Å². The molecular weight excluding hydrogens is 372 g/mol. The lowest BCUT2D eigenvalue weighted by molar-refractivity contribution is -0.385. The van der Waals surface area contributed by atoms with Crippen molar-refractivity contribution in [1.29, 1.82) is 0 Å². The number of halogens is 2. The first-order chi connectivity index (χ1) is 13.3. The molecule has 0 atom stereocenters. The molecule has 0 bridgehead atoms. The third kappa shape index (κ3) is 4.69. The number of nitro benzene ring substituents is 1. The van der Waals surface area contributed by atoms with Crippen molar-refractivity contribution in [3.8, 4) is 0 Å². The van der Waals surface area contributed by atoms with Crippen LogP contribution in [0.1, 0.15) is 38.5 Å². The second kappa shape index (κ2) is 8.28. The van der Waals surface area contributed by atoms with Crippen molar-refractivity contribution in [2.75, 3.05) is 31.1 Å². The number of carboxylic acid groups (broad SMARTS) is 1. The van der Waals surface area contributed by atoms with Gasteiger partial charge in [-0.15, -0.1) is 0 Å². The molecule has 154 valence electrons. The molecule has 1 aromatic rings. The predicted molar refractivity (Wildman–Crippen MR) is 99.9 cm³/mol. The molecule has 1 N–H and O–H groups in total. The van der Waals surface area contributed by atoms with Crippen LogP contribution >= 0.6 is 0 Å². The second-order valence-electron chi connectivity index (χ2n) is 7.78. The summed E-state index contributed by atoms with van der Waals surface area (Å²) in [4.78, 5) is 24.2. The van der Waals surface area contributed by atoms with Crippen molar-refractivity contribution in [3.63, 3.8) is 0 Å². The quantitative estimate of drug-likeness (QED) is 0.594. The Hall–Kier alpha value is -2.45. The maximum Gasteiger partial charge on any atom is 0.407 e. The zero-order chi connectivity index (χ0) is 20.3. The molecule has 2 aliphatic rings. The Bertz CT molecular complexity index is 730. The third-order valence-corrected chi connectivity index (χ3v) is 6.03. The average molecular weight is 397 g/mol. The van der Waals surface area contributed by atoms with E-state index in [-0.39, 0.29) is 31.6 Å². The maximum absolute atomic E-state index is 14.9. The molecule has 0 unspecified atom stereocenters. The molecule has 1 amide bonds. The van der Waals surface area contributed by atoms with Gasteiger partial charge >= 0.3 is 6.09 Å². The van der Waals surface area contributed by atoms with Crippen molar-refractivity contribution in [1.82, 2.24) is 4.90 Å². The highest BCUT2D eigenvalue weighted by Crippen LogP contribution is 2.35. The fourth-order valence-corrected chi connectivity index (χ4v) is 4.14. The van der Waals surface area contributed by atoms with Crippen molar-refractivity contribution >= 4 is 17.5 Å². The molecule has 0 aromatic heterocycles. The second-order valence-corrected chi connectivity index (χ2v) is 7.78. The molecule has 2 saturated heterocycles. The minimum absolute atomic E-state index is 0.240. The van der Waals surface area contributed by atoms with Crippen LogP contribution < -0.4 is 4.90 Å². The van der Waals surface area contributed by atoms with E-state index in [1.165, 1.54) is 17.0 Å². The summed E-state index contributed by atoms with van der Waals surface area (Å²) in [6, 6.07) is 3.69. The Morgan fingerprint density at radius 2 is 1.89 bits per heavy atom. The Balaban J connectivity index is 1.47. The maximum atomic E-state index is 14.9. The number of hydrogen-bond acceptors (Lipinski definition) is 4. The van der Waals surface area contributed by atoms with E-state index in [4.69, 9.17) is 5.11 Å². The molecule has 2 aliphatic heterocycles. The summed E-state index contributed by atoms with van der Waals surface area (Å²) in [5.74, 6) is -0.247. The number of rotatable bonds is 5. The summed E-state index contributed by atoms with van der Waals surface area (Å²) in [5.41, 5.74) is -1.20. The molecule has 0 saturated carbocycles. The first kappa shape index (κ1) is 20.3. The number of amides is 1. The Kier molecular flexibility index (Phi) is 6.00. The van der Waals surface area contributed by atoms with E-state index in [1.807, 2.05) is 4.90 Å². The van der Waals surface area contributed by atoms with Gasteiger partial charge in [-0.25, -0.2) is 13.6 Å². The number of nitrogens with zero attached hydrogens (tertiary/aromatic N) is 3.